The zero-order chi connectivity index (χ0) is 18.1. The van der Waals surface area contributed by atoms with Crippen molar-refractivity contribution < 1.29 is 24.2 Å². The fraction of sp³-hybridized carbons (Fsp3) is 0.471. The highest BCUT2D eigenvalue weighted by atomic mass is 35.5. The van der Waals surface area contributed by atoms with Crippen LogP contribution in [0.3, 0.4) is 0 Å². The molecular weight excluding hydrogens is 348 g/mol. The van der Waals surface area contributed by atoms with Crippen molar-refractivity contribution in [3.8, 4) is 0 Å². The molecule has 0 aromatic heterocycles. The van der Waals surface area contributed by atoms with Crippen LogP contribution in [-0.2, 0) is 19.1 Å². The Morgan fingerprint density at radius 3 is 2.80 bits per heavy atom. The fourth-order valence-corrected chi connectivity index (χ4v) is 3.67. The number of hydrogen-bond acceptors (Lipinski definition) is 4. The molecule has 0 saturated carbocycles. The van der Waals surface area contributed by atoms with E-state index in [1.54, 1.807) is 30.1 Å². The lowest BCUT2D eigenvalue weighted by atomic mass is 9.92. The SMILES string of the molecule is CN1C(=O)CC(C(=O)N2CCOC(C(=O)O)C2)C1c1cccc(Cl)c1. The molecule has 1 aromatic carbocycles. The number of hydrogen-bond donors (Lipinski definition) is 1. The van der Waals surface area contributed by atoms with E-state index in [1.807, 2.05) is 6.07 Å². The van der Waals surface area contributed by atoms with Crippen LogP contribution in [0.1, 0.15) is 18.0 Å². The lowest BCUT2D eigenvalue weighted by molar-refractivity contribution is -0.160. The van der Waals surface area contributed by atoms with Crippen molar-refractivity contribution in [3.63, 3.8) is 0 Å². The predicted molar refractivity (Wildman–Crippen MR) is 89.0 cm³/mol. The van der Waals surface area contributed by atoms with E-state index < -0.39 is 24.0 Å². The smallest absolute Gasteiger partial charge is 0.334 e. The number of nitrogens with zero attached hydrogens (tertiary/aromatic N) is 2. The summed E-state index contributed by atoms with van der Waals surface area (Å²) >= 11 is 6.06. The van der Waals surface area contributed by atoms with E-state index in [0.717, 1.165) is 5.56 Å². The first kappa shape index (κ1) is 17.7. The maximum atomic E-state index is 13.0. The van der Waals surface area contributed by atoms with E-state index in [1.165, 1.54) is 4.90 Å². The van der Waals surface area contributed by atoms with E-state index in [-0.39, 0.29) is 31.4 Å². The van der Waals surface area contributed by atoms with Crippen molar-refractivity contribution in [2.75, 3.05) is 26.7 Å². The Labute approximate surface area is 150 Å². The maximum Gasteiger partial charge on any atom is 0.334 e. The predicted octanol–water partition coefficient (Wildman–Crippen LogP) is 1.17. The molecule has 25 heavy (non-hydrogen) atoms. The van der Waals surface area contributed by atoms with Gasteiger partial charge >= 0.3 is 5.97 Å². The summed E-state index contributed by atoms with van der Waals surface area (Å²) in [6, 6.07) is 6.69. The standard InChI is InChI=1S/C17H19ClN2O5/c1-19-14(21)8-12(15(19)10-3-2-4-11(18)7-10)16(22)20-5-6-25-13(9-20)17(23)24/h2-4,7,12-13,15H,5-6,8-9H2,1H3,(H,23,24). The summed E-state index contributed by atoms with van der Waals surface area (Å²) < 4.78 is 5.16. The van der Waals surface area contributed by atoms with Gasteiger partial charge in [0, 0.05) is 25.0 Å². The van der Waals surface area contributed by atoms with Gasteiger partial charge in [0.15, 0.2) is 6.10 Å². The third-order valence-electron chi connectivity index (χ3n) is 4.75. The van der Waals surface area contributed by atoms with Crippen LogP contribution < -0.4 is 0 Å². The van der Waals surface area contributed by atoms with Crippen LogP contribution in [0.2, 0.25) is 5.02 Å². The number of carbonyl (C=O) groups is 3. The molecule has 2 aliphatic rings. The molecule has 134 valence electrons. The Bertz CT molecular complexity index is 710. The van der Waals surface area contributed by atoms with Crippen LogP contribution >= 0.6 is 11.6 Å². The number of amides is 2. The fourth-order valence-electron chi connectivity index (χ4n) is 3.47. The number of halogens is 1. The van der Waals surface area contributed by atoms with Gasteiger partial charge in [-0.3, -0.25) is 9.59 Å². The van der Waals surface area contributed by atoms with Crippen LogP contribution in [0.15, 0.2) is 24.3 Å². The summed E-state index contributed by atoms with van der Waals surface area (Å²) in [5, 5.41) is 9.64. The molecule has 2 heterocycles. The molecule has 0 aliphatic carbocycles. The number of likely N-dealkylation sites (tertiary alicyclic amines) is 1. The molecule has 1 aromatic rings. The summed E-state index contributed by atoms with van der Waals surface area (Å²) in [6.45, 7) is 0.477. The minimum atomic E-state index is -1.09. The number of carboxylic acids is 1. The van der Waals surface area contributed by atoms with Gasteiger partial charge in [-0.05, 0) is 17.7 Å². The Morgan fingerprint density at radius 2 is 2.12 bits per heavy atom. The van der Waals surface area contributed by atoms with Crippen molar-refractivity contribution in [3.05, 3.63) is 34.9 Å². The van der Waals surface area contributed by atoms with Gasteiger partial charge in [-0.15, -0.1) is 0 Å². The third-order valence-corrected chi connectivity index (χ3v) is 4.98. The van der Waals surface area contributed by atoms with Gasteiger partial charge in [-0.1, -0.05) is 23.7 Å². The Hall–Kier alpha value is -2.12. The second-order valence-corrected chi connectivity index (χ2v) is 6.73. The highest BCUT2D eigenvalue weighted by Crippen LogP contribution is 2.39. The zero-order valence-electron chi connectivity index (χ0n) is 13.7. The van der Waals surface area contributed by atoms with Crippen LogP contribution in [0.25, 0.3) is 0 Å². The number of carboxylic acid groups (broad SMARTS) is 1. The van der Waals surface area contributed by atoms with Crippen LogP contribution in [-0.4, -0.2) is 65.5 Å². The molecular formula is C17H19ClN2O5. The molecule has 8 heteroatoms. The first-order valence-corrected chi connectivity index (χ1v) is 8.40. The largest absolute Gasteiger partial charge is 0.479 e. The number of aliphatic carboxylic acids is 1. The Balaban J connectivity index is 1.85. The number of carbonyl (C=O) groups excluding carboxylic acids is 2. The van der Waals surface area contributed by atoms with E-state index in [2.05, 4.69) is 0 Å². The van der Waals surface area contributed by atoms with E-state index in [0.29, 0.717) is 11.6 Å². The molecule has 7 nitrogen and oxygen atoms in total. The summed E-state index contributed by atoms with van der Waals surface area (Å²) in [6.07, 6.45) is -0.932. The molecule has 0 radical (unpaired) electrons. The topological polar surface area (TPSA) is 87.2 Å². The van der Waals surface area contributed by atoms with Gasteiger partial charge in [-0.2, -0.15) is 0 Å². The lowest BCUT2D eigenvalue weighted by Crippen LogP contribution is -2.50. The minimum Gasteiger partial charge on any atom is -0.479 e. The molecule has 3 atom stereocenters. The van der Waals surface area contributed by atoms with E-state index >= 15 is 0 Å². The molecule has 0 spiro atoms. The van der Waals surface area contributed by atoms with Gasteiger partial charge in [0.25, 0.3) is 0 Å². The highest BCUT2D eigenvalue weighted by Gasteiger charge is 2.45. The maximum absolute atomic E-state index is 13.0. The molecule has 2 saturated heterocycles. The Morgan fingerprint density at radius 1 is 1.36 bits per heavy atom. The average Bonchev–Trinajstić information content (AvgIpc) is 2.89. The second-order valence-electron chi connectivity index (χ2n) is 6.30. The normalized spacial score (nSPS) is 26.8. The first-order chi connectivity index (χ1) is 11.9. The van der Waals surface area contributed by atoms with Gasteiger partial charge in [-0.25, -0.2) is 4.79 Å². The van der Waals surface area contributed by atoms with Crippen molar-refractivity contribution in [2.24, 2.45) is 5.92 Å². The van der Waals surface area contributed by atoms with Crippen molar-refractivity contribution >= 4 is 29.4 Å². The molecule has 1 N–H and O–H groups in total. The average molecular weight is 367 g/mol. The summed E-state index contributed by atoms with van der Waals surface area (Å²) in [5.41, 5.74) is 0.794. The van der Waals surface area contributed by atoms with Crippen molar-refractivity contribution in [2.45, 2.75) is 18.6 Å². The summed E-state index contributed by atoms with van der Waals surface area (Å²) in [4.78, 5) is 39.4. The van der Waals surface area contributed by atoms with Gasteiger partial charge in [0.05, 0.1) is 25.1 Å². The number of ether oxygens (including phenoxy) is 1. The number of benzene rings is 1. The van der Waals surface area contributed by atoms with Crippen LogP contribution in [0.5, 0.6) is 0 Å². The molecule has 3 unspecified atom stereocenters. The summed E-state index contributed by atoms with van der Waals surface area (Å²) in [7, 11) is 1.67. The minimum absolute atomic E-state index is 0.00909. The number of morpholine rings is 1. The van der Waals surface area contributed by atoms with Crippen molar-refractivity contribution in [1.29, 1.82) is 0 Å². The molecule has 2 fully saturated rings. The zero-order valence-corrected chi connectivity index (χ0v) is 14.5. The Kier molecular flexibility index (Phi) is 4.96. The molecule has 2 aliphatic heterocycles. The number of rotatable bonds is 3. The quantitative estimate of drug-likeness (QED) is 0.867. The molecule has 3 rings (SSSR count). The monoisotopic (exact) mass is 366 g/mol. The lowest BCUT2D eigenvalue weighted by Gasteiger charge is -2.34. The van der Waals surface area contributed by atoms with E-state index in [9.17, 15) is 14.4 Å². The van der Waals surface area contributed by atoms with Crippen molar-refractivity contribution in [1.82, 2.24) is 9.80 Å². The van der Waals surface area contributed by atoms with Gasteiger partial charge < -0.3 is 19.6 Å². The summed E-state index contributed by atoms with van der Waals surface area (Å²) in [5.74, 6) is -2.00. The van der Waals surface area contributed by atoms with E-state index in [4.69, 9.17) is 21.4 Å². The molecule has 2 amide bonds. The van der Waals surface area contributed by atoms with Gasteiger partial charge in [0.2, 0.25) is 11.8 Å². The third kappa shape index (κ3) is 3.48. The van der Waals surface area contributed by atoms with Gasteiger partial charge in [0.1, 0.15) is 0 Å². The molecule has 0 bridgehead atoms. The highest BCUT2D eigenvalue weighted by molar-refractivity contribution is 6.30. The van der Waals surface area contributed by atoms with Crippen LogP contribution in [0.4, 0.5) is 0 Å². The first-order valence-electron chi connectivity index (χ1n) is 8.03. The van der Waals surface area contributed by atoms with Crippen LogP contribution in [0, 0.1) is 5.92 Å². The second kappa shape index (κ2) is 7.01.